The molecule has 2 rings (SSSR count). The Morgan fingerprint density at radius 2 is 1.74 bits per heavy atom. The molecule has 0 saturated carbocycles. The largest absolute Gasteiger partial charge is 0.381 e. The predicted octanol–water partition coefficient (Wildman–Crippen LogP) is 3.14. The summed E-state index contributed by atoms with van der Waals surface area (Å²) in [5.74, 6) is 0.836. The van der Waals surface area contributed by atoms with Gasteiger partial charge < -0.3 is 20.3 Å². The van der Waals surface area contributed by atoms with Crippen molar-refractivity contribution in [2.75, 3.05) is 46.9 Å². The molecule has 0 heterocycles. The van der Waals surface area contributed by atoms with Crippen LogP contribution in [0.25, 0.3) is 0 Å². The van der Waals surface area contributed by atoms with Gasteiger partial charge in [-0.2, -0.15) is 0 Å². The Hall–Kier alpha value is -2.86. The first-order valence-corrected chi connectivity index (χ1v) is 11.0. The second kappa shape index (κ2) is 14.2. The fraction of sp³-hybridized carbons (Fsp3) is 0.440. The summed E-state index contributed by atoms with van der Waals surface area (Å²) in [6, 6.07) is 18.2. The molecule has 2 N–H and O–H groups in total. The van der Waals surface area contributed by atoms with Crippen LogP contribution in [0, 0.1) is 0 Å². The topological polar surface area (TPSA) is 66.0 Å². The van der Waals surface area contributed by atoms with Crippen LogP contribution in [0.4, 0.5) is 0 Å². The van der Waals surface area contributed by atoms with Crippen LogP contribution in [-0.2, 0) is 17.6 Å². The van der Waals surface area contributed by atoms with Crippen molar-refractivity contribution < 1.29 is 9.53 Å². The van der Waals surface area contributed by atoms with Crippen molar-refractivity contribution in [1.82, 2.24) is 15.5 Å². The highest BCUT2D eigenvalue weighted by molar-refractivity contribution is 5.94. The van der Waals surface area contributed by atoms with E-state index < -0.39 is 0 Å². The van der Waals surface area contributed by atoms with E-state index in [0.29, 0.717) is 13.2 Å². The average molecular weight is 425 g/mol. The molecular formula is C25H36N4O2. The van der Waals surface area contributed by atoms with Crippen LogP contribution < -0.4 is 10.6 Å². The third kappa shape index (κ3) is 9.66. The Balaban J connectivity index is 1.67. The summed E-state index contributed by atoms with van der Waals surface area (Å²) >= 11 is 0. The zero-order chi connectivity index (χ0) is 22.3. The molecule has 0 saturated heterocycles. The highest BCUT2D eigenvalue weighted by Crippen LogP contribution is 2.07. The van der Waals surface area contributed by atoms with E-state index in [4.69, 9.17) is 4.74 Å². The van der Waals surface area contributed by atoms with Crippen LogP contribution in [-0.4, -0.2) is 63.7 Å². The van der Waals surface area contributed by atoms with E-state index in [0.717, 1.165) is 56.0 Å². The minimum absolute atomic E-state index is 0.0238. The summed E-state index contributed by atoms with van der Waals surface area (Å²) in [6.45, 7) is 5.78. The molecule has 0 aliphatic heterocycles. The third-order valence-corrected chi connectivity index (χ3v) is 4.73. The van der Waals surface area contributed by atoms with Gasteiger partial charge in [-0.05, 0) is 49.4 Å². The first-order valence-electron chi connectivity index (χ1n) is 11.0. The maximum Gasteiger partial charge on any atom is 0.253 e. The van der Waals surface area contributed by atoms with Gasteiger partial charge in [-0.1, -0.05) is 42.5 Å². The second-order valence-electron chi connectivity index (χ2n) is 7.54. The van der Waals surface area contributed by atoms with Gasteiger partial charge in [0, 0.05) is 45.9 Å². The molecule has 0 radical (unpaired) electrons. The van der Waals surface area contributed by atoms with Crippen molar-refractivity contribution in [1.29, 1.82) is 0 Å². The lowest BCUT2D eigenvalue weighted by atomic mass is 10.1. The fourth-order valence-corrected chi connectivity index (χ4v) is 3.08. The minimum Gasteiger partial charge on any atom is -0.381 e. The molecule has 0 aromatic heterocycles. The molecular weight excluding hydrogens is 388 g/mol. The maximum atomic E-state index is 12.1. The van der Waals surface area contributed by atoms with Gasteiger partial charge in [0.25, 0.3) is 5.91 Å². The molecule has 0 bridgehead atoms. The molecule has 1 amide bonds. The number of ether oxygens (including phenoxy) is 1. The van der Waals surface area contributed by atoms with Crippen LogP contribution in [0.15, 0.2) is 59.6 Å². The molecule has 6 nitrogen and oxygen atoms in total. The second-order valence-corrected chi connectivity index (χ2v) is 7.54. The van der Waals surface area contributed by atoms with Crippen LogP contribution in [0.2, 0.25) is 0 Å². The zero-order valence-corrected chi connectivity index (χ0v) is 19.1. The van der Waals surface area contributed by atoms with Crippen molar-refractivity contribution in [2.24, 2.45) is 4.99 Å². The monoisotopic (exact) mass is 424 g/mol. The normalized spacial score (nSPS) is 11.3. The van der Waals surface area contributed by atoms with Crippen LogP contribution >= 0.6 is 0 Å². The molecule has 0 spiro atoms. The minimum atomic E-state index is 0.0238. The summed E-state index contributed by atoms with van der Waals surface area (Å²) in [7, 11) is 3.54. The lowest BCUT2D eigenvalue weighted by Crippen LogP contribution is -2.38. The summed E-state index contributed by atoms with van der Waals surface area (Å²) in [5, 5.41) is 6.64. The van der Waals surface area contributed by atoms with Gasteiger partial charge in [-0.15, -0.1) is 0 Å². The molecule has 0 atom stereocenters. The predicted molar refractivity (Wildman–Crippen MR) is 128 cm³/mol. The fourth-order valence-electron chi connectivity index (χ4n) is 3.08. The number of hydrogen-bond donors (Lipinski definition) is 2. The first kappa shape index (κ1) is 24.4. The Labute approximate surface area is 186 Å². The summed E-state index contributed by atoms with van der Waals surface area (Å²) < 4.78 is 5.72. The number of aliphatic imine (C=N–C) groups is 1. The molecule has 0 unspecified atom stereocenters. The van der Waals surface area contributed by atoms with Crippen molar-refractivity contribution in [2.45, 2.75) is 26.2 Å². The number of amides is 1. The Morgan fingerprint density at radius 3 is 2.48 bits per heavy atom. The molecule has 2 aromatic rings. The lowest BCUT2D eigenvalue weighted by Gasteiger charge is -2.13. The number of benzene rings is 2. The number of nitrogens with one attached hydrogen (secondary N) is 2. The first-order chi connectivity index (χ1) is 15.1. The SMILES string of the molecule is CCNC(=NCCCOCCc1ccccc1)NCCc1cccc(C(=O)N(C)C)c1. The molecule has 0 aliphatic rings. The van der Waals surface area contributed by atoms with Crippen molar-refractivity contribution in [3.63, 3.8) is 0 Å². The number of rotatable bonds is 12. The lowest BCUT2D eigenvalue weighted by molar-refractivity contribution is 0.0827. The van der Waals surface area contributed by atoms with Crippen molar-refractivity contribution in [3.8, 4) is 0 Å². The van der Waals surface area contributed by atoms with E-state index in [9.17, 15) is 4.79 Å². The van der Waals surface area contributed by atoms with Gasteiger partial charge in [0.15, 0.2) is 5.96 Å². The van der Waals surface area contributed by atoms with E-state index >= 15 is 0 Å². The number of carbonyl (C=O) groups is 1. The number of hydrogen-bond acceptors (Lipinski definition) is 3. The summed E-state index contributed by atoms with van der Waals surface area (Å²) in [4.78, 5) is 18.3. The Morgan fingerprint density at radius 1 is 0.968 bits per heavy atom. The maximum absolute atomic E-state index is 12.1. The Kier molecular flexibility index (Phi) is 11.2. The molecule has 31 heavy (non-hydrogen) atoms. The van der Waals surface area contributed by atoms with Gasteiger partial charge >= 0.3 is 0 Å². The average Bonchev–Trinajstić information content (AvgIpc) is 2.78. The van der Waals surface area contributed by atoms with Gasteiger partial charge in [0.2, 0.25) is 0 Å². The van der Waals surface area contributed by atoms with Gasteiger partial charge in [-0.3, -0.25) is 9.79 Å². The van der Waals surface area contributed by atoms with E-state index in [1.165, 1.54) is 5.56 Å². The number of guanidine groups is 1. The van der Waals surface area contributed by atoms with Gasteiger partial charge in [0.05, 0.1) is 6.61 Å². The zero-order valence-electron chi connectivity index (χ0n) is 19.1. The van der Waals surface area contributed by atoms with Crippen LogP contribution in [0.5, 0.6) is 0 Å². The van der Waals surface area contributed by atoms with E-state index in [1.54, 1.807) is 19.0 Å². The summed E-state index contributed by atoms with van der Waals surface area (Å²) in [6.07, 6.45) is 2.65. The number of carbonyl (C=O) groups excluding carboxylic acids is 1. The molecule has 0 aliphatic carbocycles. The Bertz CT molecular complexity index is 806. The highest BCUT2D eigenvalue weighted by Gasteiger charge is 2.08. The third-order valence-electron chi connectivity index (χ3n) is 4.73. The van der Waals surface area contributed by atoms with Crippen molar-refractivity contribution >= 4 is 11.9 Å². The van der Waals surface area contributed by atoms with Gasteiger partial charge in [0.1, 0.15) is 0 Å². The molecule has 2 aromatic carbocycles. The van der Waals surface area contributed by atoms with Crippen LogP contribution in [0.3, 0.4) is 0 Å². The molecule has 0 fully saturated rings. The van der Waals surface area contributed by atoms with E-state index in [2.05, 4.69) is 46.8 Å². The van der Waals surface area contributed by atoms with Gasteiger partial charge in [-0.25, -0.2) is 0 Å². The van der Waals surface area contributed by atoms with E-state index in [-0.39, 0.29) is 5.91 Å². The molecule has 168 valence electrons. The summed E-state index contributed by atoms with van der Waals surface area (Å²) in [5.41, 5.74) is 3.15. The standard InChI is InChI=1S/C25H36N4O2/c1-4-26-25(27-16-9-18-31-19-15-21-10-6-5-7-11-21)28-17-14-22-12-8-13-23(20-22)24(30)29(2)3/h5-8,10-13,20H,4,9,14-19H2,1-3H3,(H2,26,27,28). The highest BCUT2D eigenvalue weighted by atomic mass is 16.5. The number of nitrogens with zero attached hydrogens (tertiary/aromatic N) is 2. The van der Waals surface area contributed by atoms with Crippen molar-refractivity contribution in [3.05, 3.63) is 71.3 Å². The van der Waals surface area contributed by atoms with Crippen LogP contribution in [0.1, 0.15) is 34.8 Å². The van der Waals surface area contributed by atoms with E-state index in [1.807, 2.05) is 30.3 Å². The smallest absolute Gasteiger partial charge is 0.253 e. The quantitative estimate of drug-likeness (QED) is 0.312. The molecule has 6 heteroatoms.